The van der Waals surface area contributed by atoms with Crippen molar-refractivity contribution < 1.29 is 14.7 Å². The van der Waals surface area contributed by atoms with Gasteiger partial charge < -0.3 is 9.94 Å². The number of aliphatic hydroxyl groups is 1. The predicted octanol–water partition coefficient (Wildman–Crippen LogP) is 2.31. The first-order chi connectivity index (χ1) is 7.41. The molecular formula is C12H19NO3. The monoisotopic (exact) mass is 225 g/mol. The second kappa shape index (κ2) is 4.68. The number of rotatable bonds is 2. The molecule has 90 valence electrons. The van der Waals surface area contributed by atoms with Crippen molar-refractivity contribution in [3.8, 4) is 0 Å². The van der Waals surface area contributed by atoms with Crippen molar-refractivity contribution in [3.05, 3.63) is 11.3 Å². The van der Waals surface area contributed by atoms with Gasteiger partial charge in [0, 0.05) is 11.8 Å². The van der Waals surface area contributed by atoms with Gasteiger partial charge in [0.15, 0.2) is 5.78 Å². The molecule has 3 atom stereocenters. The standard InChI is InChI=1S/C12H19NO3/c1-6-7(2)11(14)10(9(4)13-16-5)12(15)8(6)3/h6-8,14H,1-5H3/b13-9+. The lowest BCUT2D eigenvalue weighted by atomic mass is 9.73. The quantitative estimate of drug-likeness (QED) is 0.579. The molecule has 0 aliphatic heterocycles. The van der Waals surface area contributed by atoms with E-state index in [4.69, 9.17) is 0 Å². The second-order valence-electron chi connectivity index (χ2n) is 4.42. The number of allylic oxidation sites excluding steroid dienone is 2. The highest BCUT2D eigenvalue weighted by Crippen LogP contribution is 2.35. The third-order valence-corrected chi connectivity index (χ3v) is 3.51. The molecular weight excluding hydrogens is 206 g/mol. The van der Waals surface area contributed by atoms with Crippen LogP contribution in [0.3, 0.4) is 0 Å². The van der Waals surface area contributed by atoms with E-state index in [1.165, 1.54) is 7.11 Å². The van der Waals surface area contributed by atoms with E-state index in [2.05, 4.69) is 9.99 Å². The fourth-order valence-corrected chi connectivity index (χ4v) is 2.05. The SMILES string of the molecule is CO/N=C(\C)C1=C(O)C(C)C(C)C(C)C1=O. The van der Waals surface area contributed by atoms with Gasteiger partial charge in [-0.25, -0.2) is 0 Å². The van der Waals surface area contributed by atoms with E-state index < -0.39 is 0 Å². The molecule has 0 saturated carbocycles. The maximum Gasteiger partial charge on any atom is 0.171 e. The van der Waals surface area contributed by atoms with Crippen LogP contribution < -0.4 is 0 Å². The van der Waals surface area contributed by atoms with Crippen molar-refractivity contribution >= 4 is 11.5 Å². The van der Waals surface area contributed by atoms with E-state index in [9.17, 15) is 9.90 Å². The molecule has 0 radical (unpaired) electrons. The average Bonchev–Trinajstić information content (AvgIpc) is 2.24. The molecule has 16 heavy (non-hydrogen) atoms. The Bertz CT molecular complexity index is 357. The van der Waals surface area contributed by atoms with Gasteiger partial charge in [-0.1, -0.05) is 25.9 Å². The summed E-state index contributed by atoms with van der Waals surface area (Å²) in [5.41, 5.74) is 0.760. The van der Waals surface area contributed by atoms with Gasteiger partial charge in [-0.3, -0.25) is 4.79 Å². The Balaban J connectivity index is 3.23. The van der Waals surface area contributed by atoms with Gasteiger partial charge in [0.05, 0.1) is 11.3 Å². The van der Waals surface area contributed by atoms with Gasteiger partial charge >= 0.3 is 0 Å². The largest absolute Gasteiger partial charge is 0.511 e. The van der Waals surface area contributed by atoms with Crippen LogP contribution in [0.5, 0.6) is 0 Å². The molecule has 3 unspecified atom stereocenters. The number of hydrogen-bond donors (Lipinski definition) is 1. The molecule has 1 rings (SSSR count). The molecule has 0 saturated heterocycles. The molecule has 0 heterocycles. The Morgan fingerprint density at radius 1 is 1.31 bits per heavy atom. The first-order valence-electron chi connectivity index (χ1n) is 5.47. The molecule has 0 aromatic heterocycles. The summed E-state index contributed by atoms with van der Waals surface area (Å²) in [5, 5.41) is 13.7. The van der Waals surface area contributed by atoms with Crippen LogP contribution in [0.1, 0.15) is 27.7 Å². The van der Waals surface area contributed by atoms with Crippen molar-refractivity contribution in [2.75, 3.05) is 7.11 Å². The van der Waals surface area contributed by atoms with Gasteiger partial charge in [0.25, 0.3) is 0 Å². The van der Waals surface area contributed by atoms with Crippen molar-refractivity contribution in [3.63, 3.8) is 0 Å². The van der Waals surface area contributed by atoms with Crippen LogP contribution in [0.4, 0.5) is 0 Å². The van der Waals surface area contributed by atoms with Crippen molar-refractivity contribution in [1.29, 1.82) is 0 Å². The lowest BCUT2D eigenvalue weighted by Crippen LogP contribution is -2.35. The highest BCUT2D eigenvalue weighted by atomic mass is 16.6. The lowest BCUT2D eigenvalue weighted by Gasteiger charge is -2.31. The minimum atomic E-state index is -0.0945. The van der Waals surface area contributed by atoms with E-state index in [-0.39, 0.29) is 29.3 Å². The van der Waals surface area contributed by atoms with Crippen LogP contribution in [0.2, 0.25) is 0 Å². The molecule has 0 fully saturated rings. The summed E-state index contributed by atoms with van der Waals surface area (Å²) in [5.74, 6) is 0.106. The average molecular weight is 225 g/mol. The number of carbonyl (C=O) groups is 1. The summed E-state index contributed by atoms with van der Waals surface area (Å²) in [6.45, 7) is 7.45. The summed E-state index contributed by atoms with van der Waals surface area (Å²) < 4.78 is 0. The van der Waals surface area contributed by atoms with Crippen LogP contribution in [0.25, 0.3) is 0 Å². The van der Waals surface area contributed by atoms with Gasteiger partial charge in [0.2, 0.25) is 0 Å². The number of aliphatic hydroxyl groups excluding tert-OH is 1. The fraction of sp³-hybridized carbons (Fsp3) is 0.667. The van der Waals surface area contributed by atoms with Crippen molar-refractivity contribution in [1.82, 2.24) is 0 Å². The highest BCUT2D eigenvalue weighted by Gasteiger charge is 2.38. The lowest BCUT2D eigenvalue weighted by molar-refractivity contribution is -0.121. The van der Waals surface area contributed by atoms with Crippen molar-refractivity contribution in [2.45, 2.75) is 27.7 Å². The fourth-order valence-electron chi connectivity index (χ4n) is 2.05. The molecule has 0 aromatic carbocycles. The first-order valence-corrected chi connectivity index (χ1v) is 5.47. The van der Waals surface area contributed by atoms with Crippen LogP contribution >= 0.6 is 0 Å². The predicted molar refractivity (Wildman–Crippen MR) is 62.3 cm³/mol. The molecule has 1 aliphatic rings. The zero-order chi connectivity index (χ0) is 12.5. The minimum Gasteiger partial charge on any atom is -0.511 e. The zero-order valence-electron chi connectivity index (χ0n) is 10.4. The smallest absolute Gasteiger partial charge is 0.171 e. The summed E-state index contributed by atoms with van der Waals surface area (Å²) in [6.07, 6.45) is 0. The van der Waals surface area contributed by atoms with Gasteiger partial charge in [-0.2, -0.15) is 0 Å². The maximum atomic E-state index is 12.1. The number of carbonyl (C=O) groups excluding carboxylic acids is 1. The molecule has 0 amide bonds. The summed E-state index contributed by atoms with van der Waals surface area (Å²) in [6, 6.07) is 0. The number of hydrogen-bond acceptors (Lipinski definition) is 4. The molecule has 1 aliphatic carbocycles. The zero-order valence-corrected chi connectivity index (χ0v) is 10.4. The summed E-state index contributed by atoms with van der Waals surface area (Å²) in [4.78, 5) is 16.7. The van der Waals surface area contributed by atoms with E-state index >= 15 is 0 Å². The number of Topliss-reactive ketones (excluding diaryl/α,β-unsaturated/α-hetero) is 1. The molecule has 4 nitrogen and oxygen atoms in total. The van der Waals surface area contributed by atoms with E-state index in [1.807, 2.05) is 20.8 Å². The van der Waals surface area contributed by atoms with E-state index in [0.29, 0.717) is 11.3 Å². The van der Waals surface area contributed by atoms with Crippen LogP contribution in [0, 0.1) is 17.8 Å². The Hall–Kier alpha value is -1.32. The molecule has 0 bridgehead atoms. The van der Waals surface area contributed by atoms with E-state index in [1.54, 1.807) is 6.92 Å². The Kier molecular flexibility index (Phi) is 3.73. The molecule has 1 N–H and O–H groups in total. The van der Waals surface area contributed by atoms with Crippen molar-refractivity contribution in [2.24, 2.45) is 22.9 Å². The third-order valence-electron chi connectivity index (χ3n) is 3.51. The normalized spacial score (nSPS) is 31.9. The van der Waals surface area contributed by atoms with Crippen LogP contribution in [-0.4, -0.2) is 23.7 Å². The number of ketones is 1. The van der Waals surface area contributed by atoms with Crippen LogP contribution in [0.15, 0.2) is 16.5 Å². The number of nitrogens with zero attached hydrogens (tertiary/aromatic N) is 1. The van der Waals surface area contributed by atoms with E-state index in [0.717, 1.165) is 0 Å². The summed E-state index contributed by atoms with van der Waals surface area (Å²) >= 11 is 0. The maximum absolute atomic E-state index is 12.1. The highest BCUT2D eigenvalue weighted by molar-refractivity contribution is 6.22. The topological polar surface area (TPSA) is 58.9 Å². The Morgan fingerprint density at radius 2 is 1.88 bits per heavy atom. The molecule has 0 aromatic rings. The molecule has 0 spiro atoms. The number of oxime groups is 1. The minimum absolute atomic E-state index is 0.0234. The Labute approximate surface area is 96.0 Å². The third kappa shape index (κ3) is 1.96. The second-order valence-corrected chi connectivity index (χ2v) is 4.42. The van der Waals surface area contributed by atoms with Gasteiger partial charge in [-0.05, 0) is 12.8 Å². The first kappa shape index (κ1) is 12.7. The van der Waals surface area contributed by atoms with Gasteiger partial charge in [-0.15, -0.1) is 0 Å². The molecule has 4 heteroatoms. The Morgan fingerprint density at radius 3 is 2.38 bits per heavy atom. The van der Waals surface area contributed by atoms with Crippen LogP contribution in [-0.2, 0) is 9.63 Å². The van der Waals surface area contributed by atoms with Gasteiger partial charge in [0.1, 0.15) is 12.9 Å². The summed E-state index contributed by atoms with van der Waals surface area (Å²) in [7, 11) is 1.42.